The molecule has 2 heterocycles. The maximum absolute atomic E-state index is 12.5. The van der Waals surface area contributed by atoms with Crippen LogP contribution in [-0.2, 0) is 11.2 Å². The molecule has 0 bridgehead atoms. The Morgan fingerprint density at radius 2 is 1.88 bits per heavy atom. The van der Waals surface area contributed by atoms with Crippen LogP contribution in [0.1, 0.15) is 64.9 Å². The summed E-state index contributed by atoms with van der Waals surface area (Å²) in [5.74, 6) is 0.870. The Balaban J connectivity index is 1.25. The lowest BCUT2D eigenvalue weighted by molar-refractivity contribution is -0.0647. The second kappa shape index (κ2) is 10.9. The first-order valence-corrected chi connectivity index (χ1v) is 12.6. The Morgan fingerprint density at radius 1 is 1.18 bits per heavy atom. The minimum atomic E-state index is -0.142. The third kappa shape index (κ3) is 5.62. The normalized spacial score (nSPS) is 22.2. The molecule has 6 nitrogen and oxygen atoms in total. The van der Waals surface area contributed by atoms with E-state index in [0.29, 0.717) is 23.8 Å². The van der Waals surface area contributed by atoms with Gasteiger partial charge in [0.25, 0.3) is 5.91 Å². The molecule has 1 saturated heterocycles. The van der Waals surface area contributed by atoms with Crippen molar-refractivity contribution in [2.45, 2.75) is 64.7 Å². The number of aromatic hydroxyl groups is 1. The molecule has 2 aromatic carbocycles. The van der Waals surface area contributed by atoms with Gasteiger partial charge in [0.05, 0.1) is 12.2 Å². The van der Waals surface area contributed by atoms with Gasteiger partial charge in [-0.25, -0.2) is 0 Å². The Labute approximate surface area is 203 Å². The Hall–Kier alpha value is -2.41. The molecule has 1 fully saturated rings. The van der Waals surface area contributed by atoms with Crippen molar-refractivity contribution < 1.29 is 14.6 Å². The molecular weight excluding hydrogens is 426 g/mol. The van der Waals surface area contributed by atoms with Crippen LogP contribution in [0.4, 0.5) is 0 Å². The number of carbonyl (C=O) groups is 1. The molecule has 0 spiro atoms. The van der Waals surface area contributed by atoms with E-state index in [1.807, 2.05) is 44.2 Å². The van der Waals surface area contributed by atoms with Gasteiger partial charge in [-0.1, -0.05) is 29.8 Å². The second-order valence-corrected chi connectivity index (χ2v) is 10.1. The van der Waals surface area contributed by atoms with Crippen LogP contribution in [0.3, 0.4) is 0 Å². The summed E-state index contributed by atoms with van der Waals surface area (Å²) in [4.78, 5) is 14.9. The fourth-order valence-corrected chi connectivity index (χ4v) is 5.29. The largest absolute Gasteiger partial charge is 0.507 e. The fraction of sp³-hybridized carbons (Fsp3) is 0.536. The predicted molar refractivity (Wildman–Crippen MR) is 135 cm³/mol. The number of phenols is 1. The maximum Gasteiger partial charge on any atom is 0.251 e. The van der Waals surface area contributed by atoms with Crippen LogP contribution < -0.4 is 11.1 Å². The zero-order valence-corrected chi connectivity index (χ0v) is 20.7. The number of nitrogens with zero attached hydrogens (tertiary/aromatic N) is 1. The number of carbonyl (C=O) groups excluding carboxylic acids is 1. The van der Waals surface area contributed by atoms with Crippen LogP contribution in [0.5, 0.6) is 5.75 Å². The minimum absolute atomic E-state index is 0.00566. The summed E-state index contributed by atoms with van der Waals surface area (Å²) in [6.07, 6.45) is 3.80. The van der Waals surface area contributed by atoms with Gasteiger partial charge in [-0.15, -0.1) is 0 Å². The number of aryl methyl sites for hydroxylation is 2. The molecule has 2 aliphatic rings. The van der Waals surface area contributed by atoms with Crippen LogP contribution in [0.2, 0.25) is 0 Å². The molecule has 2 aromatic rings. The van der Waals surface area contributed by atoms with Crippen LogP contribution >= 0.6 is 0 Å². The zero-order chi connectivity index (χ0) is 24.2. The van der Waals surface area contributed by atoms with E-state index in [1.54, 1.807) is 0 Å². The summed E-state index contributed by atoms with van der Waals surface area (Å²) in [6, 6.07) is 11.8. The quantitative estimate of drug-likeness (QED) is 0.578. The summed E-state index contributed by atoms with van der Waals surface area (Å²) >= 11 is 0. The topological polar surface area (TPSA) is 87.8 Å². The lowest BCUT2D eigenvalue weighted by Crippen LogP contribution is -2.43. The number of piperidine rings is 1. The number of nitrogens with two attached hydrogens (primary N) is 1. The van der Waals surface area contributed by atoms with Crippen LogP contribution in [-0.4, -0.2) is 54.2 Å². The predicted octanol–water partition coefficient (Wildman–Crippen LogP) is 3.87. The average molecular weight is 466 g/mol. The summed E-state index contributed by atoms with van der Waals surface area (Å²) in [6.45, 7) is 9.51. The SMILES string of the molecule is Cc1ccc(C(=O)NC(C)CCN2CCC(C3Cc4c(ccc(C)c4O)C(CN)O3)CC2)cc1. The number of phenolic OH excluding ortho intramolecular Hbond substituents is 1. The Kier molecular flexibility index (Phi) is 7.91. The first-order chi connectivity index (χ1) is 16.4. The highest BCUT2D eigenvalue weighted by Gasteiger charge is 2.35. The fourth-order valence-electron chi connectivity index (χ4n) is 5.29. The molecule has 0 saturated carbocycles. The molecule has 4 N–H and O–H groups in total. The van der Waals surface area contributed by atoms with Gasteiger partial charge in [-0.05, 0) is 82.3 Å². The van der Waals surface area contributed by atoms with E-state index in [-0.39, 0.29) is 24.2 Å². The number of ether oxygens (including phenoxy) is 1. The van der Waals surface area contributed by atoms with Crippen molar-refractivity contribution >= 4 is 5.91 Å². The van der Waals surface area contributed by atoms with Gasteiger partial charge in [0, 0.05) is 36.7 Å². The molecule has 0 aromatic heterocycles. The minimum Gasteiger partial charge on any atom is -0.507 e. The Bertz CT molecular complexity index is 983. The third-order valence-electron chi connectivity index (χ3n) is 7.55. The van der Waals surface area contributed by atoms with Gasteiger partial charge < -0.3 is 25.8 Å². The second-order valence-electron chi connectivity index (χ2n) is 10.1. The van der Waals surface area contributed by atoms with E-state index in [0.717, 1.165) is 67.6 Å². The standard InChI is InChI=1S/C28H39N3O3/c1-18-4-7-22(8-5-18)28(33)30-20(3)10-13-31-14-11-21(12-15-31)25-16-24-23(26(17-29)34-25)9-6-19(2)27(24)32/h4-9,20-21,25-26,32H,10-17,29H2,1-3H3,(H,30,33). The van der Waals surface area contributed by atoms with Crippen molar-refractivity contribution in [2.24, 2.45) is 11.7 Å². The molecule has 184 valence electrons. The number of likely N-dealkylation sites (tertiary alicyclic amines) is 1. The van der Waals surface area contributed by atoms with E-state index in [2.05, 4.69) is 23.2 Å². The molecule has 0 radical (unpaired) electrons. The highest BCUT2D eigenvalue weighted by atomic mass is 16.5. The van der Waals surface area contributed by atoms with Gasteiger partial charge >= 0.3 is 0 Å². The molecule has 4 rings (SSSR count). The molecular formula is C28H39N3O3. The lowest BCUT2D eigenvalue weighted by atomic mass is 9.83. The van der Waals surface area contributed by atoms with Crippen LogP contribution in [0, 0.1) is 19.8 Å². The van der Waals surface area contributed by atoms with Crippen molar-refractivity contribution in [3.63, 3.8) is 0 Å². The Morgan fingerprint density at radius 3 is 2.56 bits per heavy atom. The van der Waals surface area contributed by atoms with Crippen LogP contribution in [0.15, 0.2) is 36.4 Å². The van der Waals surface area contributed by atoms with Crippen molar-refractivity contribution in [1.82, 2.24) is 10.2 Å². The van der Waals surface area contributed by atoms with Gasteiger partial charge in [-0.2, -0.15) is 0 Å². The van der Waals surface area contributed by atoms with Gasteiger partial charge in [-0.3, -0.25) is 4.79 Å². The highest BCUT2D eigenvalue weighted by Crippen LogP contribution is 2.40. The van der Waals surface area contributed by atoms with Gasteiger partial charge in [0.1, 0.15) is 5.75 Å². The molecule has 2 aliphatic heterocycles. The molecule has 0 aliphatic carbocycles. The van der Waals surface area contributed by atoms with Gasteiger partial charge in [0.2, 0.25) is 0 Å². The number of nitrogens with one attached hydrogen (secondary N) is 1. The highest BCUT2D eigenvalue weighted by molar-refractivity contribution is 5.94. The van der Waals surface area contributed by atoms with E-state index in [9.17, 15) is 9.90 Å². The van der Waals surface area contributed by atoms with Crippen molar-refractivity contribution in [2.75, 3.05) is 26.2 Å². The number of hydrogen-bond acceptors (Lipinski definition) is 5. The first-order valence-electron chi connectivity index (χ1n) is 12.6. The summed E-state index contributed by atoms with van der Waals surface area (Å²) in [5.41, 5.74) is 10.9. The molecule has 6 heteroatoms. The van der Waals surface area contributed by atoms with Crippen molar-refractivity contribution in [1.29, 1.82) is 0 Å². The van der Waals surface area contributed by atoms with Crippen molar-refractivity contribution in [3.8, 4) is 5.75 Å². The summed E-state index contributed by atoms with van der Waals surface area (Å²) in [5, 5.41) is 13.8. The zero-order valence-electron chi connectivity index (χ0n) is 20.7. The molecule has 3 unspecified atom stereocenters. The molecule has 3 atom stereocenters. The van der Waals surface area contributed by atoms with E-state index >= 15 is 0 Å². The maximum atomic E-state index is 12.5. The van der Waals surface area contributed by atoms with E-state index < -0.39 is 0 Å². The summed E-state index contributed by atoms with van der Waals surface area (Å²) in [7, 11) is 0. The van der Waals surface area contributed by atoms with Crippen molar-refractivity contribution in [3.05, 3.63) is 64.2 Å². The smallest absolute Gasteiger partial charge is 0.251 e. The van der Waals surface area contributed by atoms with E-state index in [4.69, 9.17) is 10.5 Å². The van der Waals surface area contributed by atoms with Gasteiger partial charge in [0.15, 0.2) is 0 Å². The number of benzene rings is 2. The first kappa shape index (κ1) is 24.7. The average Bonchev–Trinajstić information content (AvgIpc) is 2.85. The molecule has 1 amide bonds. The number of amides is 1. The van der Waals surface area contributed by atoms with Crippen LogP contribution in [0.25, 0.3) is 0 Å². The number of rotatable bonds is 7. The monoisotopic (exact) mass is 465 g/mol. The van der Waals surface area contributed by atoms with E-state index in [1.165, 1.54) is 0 Å². The third-order valence-corrected chi connectivity index (χ3v) is 7.55. The summed E-state index contributed by atoms with van der Waals surface area (Å²) < 4.78 is 6.42. The molecule has 34 heavy (non-hydrogen) atoms. The number of hydrogen-bond donors (Lipinski definition) is 3. The lowest BCUT2D eigenvalue weighted by Gasteiger charge is -2.40. The number of fused-ring (bicyclic) bond motifs is 1.